The van der Waals surface area contributed by atoms with Gasteiger partial charge in [-0.2, -0.15) is 0 Å². The number of hydrogen-bond donors (Lipinski definition) is 2. The first-order valence-corrected chi connectivity index (χ1v) is 5.09. The van der Waals surface area contributed by atoms with E-state index in [0.717, 1.165) is 19.6 Å². The Morgan fingerprint density at radius 1 is 1.40 bits per heavy atom. The van der Waals surface area contributed by atoms with Crippen LogP contribution < -0.4 is 15.4 Å². The molecule has 0 bridgehead atoms. The van der Waals surface area contributed by atoms with Crippen LogP contribution in [0.1, 0.15) is 11.6 Å². The molecule has 1 aromatic rings. The maximum Gasteiger partial charge on any atom is 0.131 e. The van der Waals surface area contributed by atoms with E-state index >= 15 is 0 Å². The van der Waals surface area contributed by atoms with Gasteiger partial charge in [0.15, 0.2) is 0 Å². The number of piperazine rings is 1. The Hall–Kier alpha value is -1.13. The molecular weight excluding hydrogens is 195 g/mol. The van der Waals surface area contributed by atoms with Crippen LogP contribution in [0, 0.1) is 5.82 Å². The molecule has 3 nitrogen and oxygen atoms in total. The van der Waals surface area contributed by atoms with Crippen LogP contribution in [0.15, 0.2) is 18.2 Å². The molecule has 2 N–H and O–H groups in total. The standard InChI is InChI=1S/C11H15FN2O/c1-15-8-2-3-9(10(12)6-8)11-7-13-4-5-14-11/h2-3,6,11,13-14H,4-5,7H2,1H3. The van der Waals surface area contributed by atoms with Crippen LogP contribution in [0.3, 0.4) is 0 Å². The fraction of sp³-hybridized carbons (Fsp3) is 0.455. The van der Waals surface area contributed by atoms with Crippen molar-refractivity contribution in [1.29, 1.82) is 0 Å². The van der Waals surface area contributed by atoms with Crippen molar-refractivity contribution in [1.82, 2.24) is 10.6 Å². The largest absolute Gasteiger partial charge is 0.497 e. The molecule has 1 unspecified atom stereocenters. The highest BCUT2D eigenvalue weighted by Gasteiger charge is 2.17. The molecular formula is C11H15FN2O. The SMILES string of the molecule is COc1ccc(C2CNCCN2)c(F)c1. The normalized spacial score (nSPS) is 21.3. The van der Waals surface area contributed by atoms with Crippen LogP contribution >= 0.6 is 0 Å². The second-order valence-corrected chi connectivity index (χ2v) is 3.60. The van der Waals surface area contributed by atoms with Crippen LogP contribution in [-0.4, -0.2) is 26.7 Å². The number of halogens is 1. The molecule has 1 saturated heterocycles. The fourth-order valence-corrected chi connectivity index (χ4v) is 1.79. The Balaban J connectivity index is 2.19. The minimum atomic E-state index is -0.212. The van der Waals surface area contributed by atoms with Gasteiger partial charge in [-0.3, -0.25) is 0 Å². The van der Waals surface area contributed by atoms with Crippen molar-refractivity contribution in [2.75, 3.05) is 26.7 Å². The highest BCUT2D eigenvalue weighted by molar-refractivity contribution is 5.31. The van der Waals surface area contributed by atoms with E-state index in [1.54, 1.807) is 12.1 Å². The van der Waals surface area contributed by atoms with Gasteiger partial charge in [-0.1, -0.05) is 6.07 Å². The molecule has 1 fully saturated rings. The third-order valence-corrected chi connectivity index (χ3v) is 2.62. The summed E-state index contributed by atoms with van der Waals surface area (Å²) in [5.74, 6) is 0.343. The summed E-state index contributed by atoms with van der Waals surface area (Å²) in [6.07, 6.45) is 0. The maximum atomic E-state index is 13.7. The molecule has 1 aliphatic rings. The van der Waals surface area contributed by atoms with Gasteiger partial charge in [0.25, 0.3) is 0 Å². The molecule has 2 rings (SSSR count). The predicted octanol–water partition coefficient (Wildman–Crippen LogP) is 1.07. The van der Waals surface area contributed by atoms with E-state index < -0.39 is 0 Å². The highest BCUT2D eigenvalue weighted by atomic mass is 19.1. The molecule has 4 heteroatoms. The van der Waals surface area contributed by atoms with Crippen LogP contribution in [0.2, 0.25) is 0 Å². The molecule has 0 amide bonds. The molecule has 0 aliphatic carbocycles. The number of nitrogens with one attached hydrogen (secondary N) is 2. The van der Waals surface area contributed by atoms with Gasteiger partial charge in [0.2, 0.25) is 0 Å². The molecule has 82 valence electrons. The van der Waals surface area contributed by atoms with E-state index in [1.807, 2.05) is 0 Å². The molecule has 0 saturated carbocycles. The van der Waals surface area contributed by atoms with E-state index in [4.69, 9.17) is 4.74 Å². The third-order valence-electron chi connectivity index (χ3n) is 2.62. The molecule has 1 aromatic carbocycles. The van der Waals surface area contributed by atoms with Gasteiger partial charge < -0.3 is 15.4 Å². The maximum absolute atomic E-state index is 13.7. The molecule has 15 heavy (non-hydrogen) atoms. The molecule has 1 heterocycles. The first-order valence-electron chi connectivity index (χ1n) is 5.09. The fourth-order valence-electron chi connectivity index (χ4n) is 1.79. The third kappa shape index (κ3) is 2.27. The minimum Gasteiger partial charge on any atom is -0.497 e. The highest BCUT2D eigenvalue weighted by Crippen LogP contribution is 2.22. The molecule has 0 spiro atoms. The molecule has 0 aromatic heterocycles. The predicted molar refractivity (Wildman–Crippen MR) is 56.6 cm³/mol. The van der Waals surface area contributed by atoms with Crippen LogP contribution in [0.4, 0.5) is 4.39 Å². The van der Waals surface area contributed by atoms with Crippen molar-refractivity contribution in [2.45, 2.75) is 6.04 Å². The number of ether oxygens (including phenoxy) is 1. The summed E-state index contributed by atoms with van der Waals surface area (Å²) in [5.41, 5.74) is 0.697. The lowest BCUT2D eigenvalue weighted by Gasteiger charge is -2.25. The van der Waals surface area contributed by atoms with Crippen molar-refractivity contribution >= 4 is 0 Å². The van der Waals surface area contributed by atoms with Crippen molar-refractivity contribution in [3.05, 3.63) is 29.6 Å². The van der Waals surface area contributed by atoms with Crippen LogP contribution in [0.5, 0.6) is 5.75 Å². The smallest absolute Gasteiger partial charge is 0.131 e. The van der Waals surface area contributed by atoms with Gasteiger partial charge in [-0.25, -0.2) is 4.39 Å². The Bertz CT molecular complexity index is 337. The lowest BCUT2D eigenvalue weighted by atomic mass is 10.0. The monoisotopic (exact) mass is 210 g/mol. The number of benzene rings is 1. The zero-order valence-electron chi connectivity index (χ0n) is 8.72. The van der Waals surface area contributed by atoms with E-state index in [1.165, 1.54) is 13.2 Å². The van der Waals surface area contributed by atoms with Crippen LogP contribution in [0.25, 0.3) is 0 Å². The zero-order chi connectivity index (χ0) is 10.7. The summed E-state index contributed by atoms with van der Waals surface area (Å²) in [7, 11) is 1.54. The van der Waals surface area contributed by atoms with E-state index in [-0.39, 0.29) is 11.9 Å². The summed E-state index contributed by atoms with van der Waals surface area (Å²) in [6, 6.07) is 5.05. The van der Waals surface area contributed by atoms with Gasteiger partial charge in [-0.15, -0.1) is 0 Å². The summed E-state index contributed by atoms with van der Waals surface area (Å²) < 4.78 is 18.6. The summed E-state index contributed by atoms with van der Waals surface area (Å²) in [6.45, 7) is 2.58. The number of hydrogen-bond acceptors (Lipinski definition) is 3. The van der Waals surface area contributed by atoms with Gasteiger partial charge in [0, 0.05) is 37.3 Å². The minimum absolute atomic E-state index is 0.0599. The van der Waals surface area contributed by atoms with Gasteiger partial charge in [-0.05, 0) is 6.07 Å². The summed E-state index contributed by atoms with van der Waals surface area (Å²) in [5, 5.41) is 6.50. The zero-order valence-corrected chi connectivity index (χ0v) is 8.72. The summed E-state index contributed by atoms with van der Waals surface area (Å²) >= 11 is 0. The Morgan fingerprint density at radius 2 is 2.27 bits per heavy atom. The van der Waals surface area contributed by atoms with Gasteiger partial charge in [0.1, 0.15) is 11.6 Å². The number of rotatable bonds is 2. The lowest BCUT2D eigenvalue weighted by molar-refractivity contribution is 0.401. The van der Waals surface area contributed by atoms with Crippen LogP contribution in [-0.2, 0) is 0 Å². The second kappa shape index (κ2) is 4.59. The number of methoxy groups -OCH3 is 1. The second-order valence-electron chi connectivity index (χ2n) is 3.60. The first-order chi connectivity index (χ1) is 7.31. The molecule has 1 aliphatic heterocycles. The van der Waals surface area contributed by atoms with Crippen molar-refractivity contribution < 1.29 is 9.13 Å². The topological polar surface area (TPSA) is 33.3 Å². The average molecular weight is 210 g/mol. The first kappa shape index (κ1) is 10.4. The van der Waals surface area contributed by atoms with Crippen molar-refractivity contribution in [2.24, 2.45) is 0 Å². The lowest BCUT2D eigenvalue weighted by Crippen LogP contribution is -2.42. The van der Waals surface area contributed by atoms with E-state index in [2.05, 4.69) is 10.6 Å². The van der Waals surface area contributed by atoms with Crippen molar-refractivity contribution in [3.8, 4) is 5.75 Å². The van der Waals surface area contributed by atoms with Gasteiger partial charge in [0.05, 0.1) is 7.11 Å². The van der Waals surface area contributed by atoms with Crippen molar-refractivity contribution in [3.63, 3.8) is 0 Å². The Kier molecular flexibility index (Phi) is 3.18. The quantitative estimate of drug-likeness (QED) is 0.766. The average Bonchev–Trinajstić information content (AvgIpc) is 2.30. The Labute approximate surface area is 88.6 Å². The summed E-state index contributed by atoms with van der Waals surface area (Å²) in [4.78, 5) is 0. The van der Waals surface area contributed by atoms with E-state index in [0.29, 0.717) is 11.3 Å². The van der Waals surface area contributed by atoms with E-state index in [9.17, 15) is 4.39 Å². The molecule has 0 radical (unpaired) electrons. The molecule has 1 atom stereocenters. The van der Waals surface area contributed by atoms with Gasteiger partial charge >= 0.3 is 0 Å². The Morgan fingerprint density at radius 3 is 2.87 bits per heavy atom.